The highest BCUT2D eigenvalue weighted by molar-refractivity contribution is 5.80. The summed E-state index contributed by atoms with van der Waals surface area (Å²) in [4.78, 5) is 7.46. The Labute approximate surface area is 145 Å². The molecule has 2 fully saturated rings. The molecule has 1 aromatic rings. The van der Waals surface area contributed by atoms with E-state index in [2.05, 4.69) is 41.4 Å². The van der Waals surface area contributed by atoms with Crippen molar-refractivity contribution in [2.75, 3.05) is 39.4 Å². The lowest BCUT2D eigenvalue weighted by atomic mass is 9.87. The van der Waals surface area contributed by atoms with Crippen molar-refractivity contribution in [3.63, 3.8) is 0 Å². The average molecular weight is 327 g/mol. The van der Waals surface area contributed by atoms with Gasteiger partial charge >= 0.3 is 0 Å². The Bertz CT molecular complexity index is 582. The van der Waals surface area contributed by atoms with E-state index in [9.17, 15) is 0 Å². The summed E-state index contributed by atoms with van der Waals surface area (Å²) in [5.41, 5.74) is 3.43. The van der Waals surface area contributed by atoms with Crippen molar-refractivity contribution in [1.29, 1.82) is 0 Å². The Morgan fingerprint density at radius 3 is 2.75 bits per heavy atom. The van der Waals surface area contributed by atoms with Crippen molar-refractivity contribution in [1.82, 2.24) is 10.2 Å². The lowest BCUT2D eigenvalue weighted by molar-refractivity contribution is 0.156. The Balaban J connectivity index is 1.39. The van der Waals surface area contributed by atoms with E-state index in [1.165, 1.54) is 36.8 Å². The highest BCUT2D eigenvalue weighted by atomic mass is 16.5. The summed E-state index contributed by atoms with van der Waals surface area (Å²) < 4.78 is 5.66. The molecule has 4 heteroatoms. The van der Waals surface area contributed by atoms with Crippen LogP contribution in [0.1, 0.15) is 30.9 Å². The molecule has 1 N–H and O–H groups in total. The van der Waals surface area contributed by atoms with Crippen LogP contribution in [0.25, 0.3) is 0 Å². The Morgan fingerprint density at radius 1 is 1.29 bits per heavy atom. The average Bonchev–Trinajstić information content (AvgIpc) is 3.32. The number of guanidine groups is 1. The number of fused-ring (bicyclic) bond motifs is 1. The fourth-order valence-electron chi connectivity index (χ4n) is 4.51. The van der Waals surface area contributed by atoms with E-state index >= 15 is 0 Å². The van der Waals surface area contributed by atoms with Gasteiger partial charge in [0.2, 0.25) is 0 Å². The molecule has 4 nitrogen and oxygen atoms in total. The summed E-state index contributed by atoms with van der Waals surface area (Å²) in [5, 5.41) is 3.51. The molecule has 1 atom stereocenters. The standard InChI is InChI=1S/C20H29N3O/c1-2-21-19(23-9-7-20(14-23)8-10-24-15-20)22-13-16-11-17-5-3-4-6-18(17)12-16/h3-6,16H,2,7-15H2,1H3,(H,21,22). The minimum absolute atomic E-state index is 0.389. The first-order valence-corrected chi connectivity index (χ1v) is 9.46. The van der Waals surface area contributed by atoms with E-state index in [1.807, 2.05) is 0 Å². The molecule has 0 radical (unpaired) electrons. The molecule has 2 aliphatic heterocycles. The summed E-state index contributed by atoms with van der Waals surface area (Å²) in [5.74, 6) is 1.76. The second-order valence-corrected chi connectivity index (χ2v) is 7.71. The largest absolute Gasteiger partial charge is 0.381 e. The van der Waals surface area contributed by atoms with Gasteiger partial charge < -0.3 is 15.0 Å². The third-order valence-corrected chi connectivity index (χ3v) is 5.89. The Morgan fingerprint density at radius 2 is 2.08 bits per heavy atom. The number of hydrogen-bond acceptors (Lipinski definition) is 2. The van der Waals surface area contributed by atoms with Gasteiger partial charge in [-0.2, -0.15) is 0 Å². The third kappa shape index (κ3) is 3.16. The van der Waals surface area contributed by atoms with Gasteiger partial charge in [-0.05, 0) is 49.7 Å². The minimum atomic E-state index is 0.389. The molecule has 24 heavy (non-hydrogen) atoms. The number of hydrogen-bond donors (Lipinski definition) is 1. The molecular weight excluding hydrogens is 298 g/mol. The topological polar surface area (TPSA) is 36.9 Å². The molecule has 2 saturated heterocycles. The fraction of sp³-hybridized carbons (Fsp3) is 0.650. The molecule has 1 aromatic carbocycles. The normalized spacial score (nSPS) is 27.2. The van der Waals surface area contributed by atoms with Crippen LogP contribution in [0.15, 0.2) is 29.3 Å². The van der Waals surface area contributed by atoms with Crippen LogP contribution in [0.3, 0.4) is 0 Å². The first kappa shape index (κ1) is 15.9. The van der Waals surface area contributed by atoms with Gasteiger partial charge in [-0.3, -0.25) is 4.99 Å². The van der Waals surface area contributed by atoms with E-state index in [0.29, 0.717) is 11.3 Å². The first-order valence-electron chi connectivity index (χ1n) is 9.46. The SMILES string of the molecule is CCNC(=NCC1Cc2ccccc2C1)N1CCC2(CCOC2)C1. The van der Waals surface area contributed by atoms with Gasteiger partial charge in [-0.25, -0.2) is 0 Å². The van der Waals surface area contributed by atoms with Gasteiger partial charge in [0, 0.05) is 38.2 Å². The van der Waals surface area contributed by atoms with Gasteiger partial charge in [-0.1, -0.05) is 24.3 Å². The fourth-order valence-corrected chi connectivity index (χ4v) is 4.51. The summed E-state index contributed by atoms with van der Waals surface area (Å²) >= 11 is 0. The predicted octanol–water partition coefficient (Wildman–Crippen LogP) is 2.48. The van der Waals surface area contributed by atoms with Crippen LogP contribution in [-0.4, -0.2) is 50.3 Å². The van der Waals surface area contributed by atoms with Crippen LogP contribution in [0, 0.1) is 11.3 Å². The van der Waals surface area contributed by atoms with Crippen molar-refractivity contribution in [2.24, 2.45) is 16.3 Å². The van der Waals surface area contributed by atoms with Crippen LogP contribution < -0.4 is 5.32 Å². The summed E-state index contributed by atoms with van der Waals surface area (Å²) in [6.45, 7) is 8.10. The van der Waals surface area contributed by atoms with Gasteiger partial charge in [0.25, 0.3) is 0 Å². The van der Waals surface area contributed by atoms with Crippen LogP contribution >= 0.6 is 0 Å². The third-order valence-electron chi connectivity index (χ3n) is 5.89. The number of benzene rings is 1. The van der Waals surface area contributed by atoms with Crippen molar-refractivity contribution < 1.29 is 4.74 Å². The molecule has 3 aliphatic rings. The Hall–Kier alpha value is -1.55. The maximum absolute atomic E-state index is 5.66. The smallest absolute Gasteiger partial charge is 0.193 e. The van der Waals surface area contributed by atoms with Crippen LogP contribution in [0.2, 0.25) is 0 Å². The highest BCUT2D eigenvalue weighted by Crippen LogP contribution is 2.38. The van der Waals surface area contributed by atoms with Gasteiger partial charge in [-0.15, -0.1) is 0 Å². The first-order chi connectivity index (χ1) is 11.8. The van der Waals surface area contributed by atoms with E-state index < -0.39 is 0 Å². The quantitative estimate of drug-likeness (QED) is 0.684. The van der Waals surface area contributed by atoms with Gasteiger partial charge in [0.1, 0.15) is 0 Å². The lowest BCUT2D eigenvalue weighted by Crippen LogP contribution is -2.41. The molecular formula is C20H29N3O. The number of ether oxygens (including phenoxy) is 1. The molecule has 0 aromatic heterocycles. The van der Waals surface area contributed by atoms with Crippen molar-refractivity contribution in [3.8, 4) is 0 Å². The number of nitrogens with zero attached hydrogens (tertiary/aromatic N) is 2. The van der Waals surface area contributed by atoms with Crippen molar-refractivity contribution in [3.05, 3.63) is 35.4 Å². The van der Waals surface area contributed by atoms with E-state index in [-0.39, 0.29) is 0 Å². The van der Waals surface area contributed by atoms with Crippen LogP contribution in [0.5, 0.6) is 0 Å². The number of rotatable bonds is 3. The molecule has 1 unspecified atom stereocenters. The maximum Gasteiger partial charge on any atom is 0.193 e. The van der Waals surface area contributed by atoms with Gasteiger partial charge in [0.05, 0.1) is 6.61 Å². The molecule has 130 valence electrons. The van der Waals surface area contributed by atoms with Crippen LogP contribution in [0.4, 0.5) is 0 Å². The van der Waals surface area contributed by atoms with E-state index in [0.717, 1.165) is 45.4 Å². The van der Waals surface area contributed by atoms with E-state index in [4.69, 9.17) is 9.73 Å². The second kappa shape index (κ2) is 6.75. The number of likely N-dealkylation sites (tertiary alicyclic amines) is 1. The summed E-state index contributed by atoms with van der Waals surface area (Å²) in [6.07, 6.45) is 4.81. The van der Waals surface area contributed by atoms with E-state index in [1.54, 1.807) is 0 Å². The predicted molar refractivity (Wildman–Crippen MR) is 97.4 cm³/mol. The lowest BCUT2D eigenvalue weighted by Gasteiger charge is -2.25. The Kier molecular flexibility index (Phi) is 4.49. The number of aliphatic imine (C=N–C) groups is 1. The van der Waals surface area contributed by atoms with Crippen molar-refractivity contribution >= 4 is 5.96 Å². The second-order valence-electron chi connectivity index (χ2n) is 7.71. The molecule has 0 amide bonds. The van der Waals surface area contributed by atoms with Crippen molar-refractivity contribution in [2.45, 2.75) is 32.6 Å². The van der Waals surface area contributed by atoms with Gasteiger partial charge in [0.15, 0.2) is 5.96 Å². The molecule has 2 heterocycles. The molecule has 0 bridgehead atoms. The molecule has 0 saturated carbocycles. The monoisotopic (exact) mass is 327 g/mol. The minimum Gasteiger partial charge on any atom is -0.381 e. The zero-order valence-corrected chi connectivity index (χ0v) is 14.8. The molecule has 1 aliphatic carbocycles. The zero-order valence-electron chi connectivity index (χ0n) is 14.8. The maximum atomic E-state index is 5.66. The van der Waals surface area contributed by atoms with Crippen LogP contribution in [-0.2, 0) is 17.6 Å². The summed E-state index contributed by atoms with van der Waals surface area (Å²) in [6, 6.07) is 8.85. The zero-order chi connectivity index (χ0) is 16.4. The summed E-state index contributed by atoms with van der Waals surface area (Å²) in [7, 11) is 0. The molecule has 4 rings (SSSR count). The number of nitrogens with one attached hydrogen (secondary N) is 1. The highest BCUT2D eigenvalue weighted by Gasteiger charge is 2.42. The molecule has 1 spiro atoms.